The number of nitrogens with two attached hydrogens (primary N) is 1. The van der Waals surface area contributed by atoms with Gasteiger partial charge in [0.1, 0.15) is 5.75 Å². The standard InChI is InChI=1S/C22H23FN4OS/c1-13(22(2,3)4)27-12-14(11-26-27)20-10-17-21(29-20)19(7-8-25-17)28-18-6-5-15(24)9-16(18)23/h5-13H,24H2,1-4H3. The number of aromatic nitrogens is 3. The fourth-order valence-electron chi connectivity index (χ4n) is 2.93. The molecule has 0 fully saturated rings. The summed E-state index contributed by atoms with van der Waals surface area (Å²) in [6.07, 6.45) is 5.59. The maximum absolute atomic E-state index is 14.2. The highest BCUT2D eigenvalue weighted by molar-refractivity contribution is 7.22. The van der Waals surface area contributed by atoms with E-state index >= 15 is 0 Å². The molecule has 0 aliphatic rings. The number of nitrogens with zero attached hydrogens (tertiary/aromatic N) is 3. The molecule has 0 bridgehead atoms. The number of thiophene rings is 1. The van der Waals surface area contributed by atoms with Gasteiger partial charge in [0.05, 0.1) is 22.5 Å². The molecule has 0 spiro atoms. The number of ether oxygens (including phenoxy) is 1. The normalized spacial score (nSPS) is 13.0. The first kappa shape index (κ1) is 19.4. The number of pyridine rings is 1. The fourth-order valence-corrected chi connectivity index (χ4v) is 3.97. The minimum absolute atomic E-state index is 0.106. The molecule has 0 saturated heterocycles. The summed E-state index contributed by atoms with van der Waals surface area (Å²) in [5, 5.41) is 4.55. The zero-order valence-electron chi connectivity index (χ0n) is 16.8. The Morgan fingerprint density at radius 2 is 1.97 bits per heavy atom. The quantitative estimate of drug-likeness (QED) is 0.402. The molecular formula is C22H23FN4OS. The Labute approximate surface area is 173 Å². The van der Waals surface area contributed by atoms with Crippen molar-refractivity contribution in [2.24, 2.45) is 5.41 Å². The third-order valence-corrected chi connectivity index (χ3v) is 6.28. The van der Waals surface area contributed by atoms with Gasteiger partial charge in [0, 0.05) is 40.7 Å². The molecule has 0 aliphatic heterocycles. The van der Waals surface area contributed by atoms with Gasteiger partial charge in [-0.1, -0.05) is 20.8 Å². The third kappa shape index (κ3) is 3.82. The van der Waals surface area contributed by atoms with Crippen molar-refractivity contribution in [1.29, 1.82) is 0 Å². The van der Waals surface area contributed by atoms with Crippen LogP contribution in [-0.4, -0.2) is 14.8 Å². The summed E-state index contributed by atoms with van der Waals surface area (Å²) in [5.74, 6) is 0.197. The number of halogens is 1. The Hall–Kier alpha value is -2.93. The van der Waals surface area contributed by atoms with Gasteiger partial charge in [-0.3, -0.25) is 9.67 Å². The summed E-state index contributed by atoms with van der Waals surface area (Å²) in [6, 6.07) is 8.40. The van der Waals surface area contributed by atoms with Crippen LogP contribution in [0.1, 0.15) is 33.7 Å². The molecule has 2 N–H and O–H groups in total. The molecule has 0 radical (unpaired) electrons. The van der Waals surface area contributed by atoms with Crippen LogP contribution in [0.15, 0.2) is 48.9 Å². The maximum atomic E-state index is 14.2. The van der Waals surface area contributed by atoms with E-state index in [0.29, 0.717) is 11.4 Å². The zero-order chi connectivity index (χ0) is 20.8. The number of benzene rings is 1. The SMILES string of the molecule is CC(n1cc(-c2cc3nccc(Oc4ccc(N)cc4F)c3s2)cn1)C(C)(C)C. The van der Waals surface area contributed by atoms with Crippen LogP contribution in [-0.2, 0) is 0 Å². The molecule has 0 amide bonds. The molecule has 0 aliphatic carbocycles. The smallest absolute Gasteiger partial charge is 0.167 e. The van der Waals surface area contributed by atoms with Gasteiger partial charge in [-0.05, 0) is 30.5 Å². The van der Waals surface area contributed by atoms with Crippen LogP contribution in [0.4, 0.5) is 10.1 Å². The molecule has 1 unspecified atom stereocenters. The lowest BCUT2D eigenvalue weighted by molar-refractivity contribution is 0.245. The Morgan fingerprint density at radius 3 is 2.69 bits per heavy atom. The summed E-state index contributed by atoms with van der Waals surface area (Å²) >= 11 is 1.55. The molecule has 0 saturated carbocycles. The van der Waals surface area contributed by atoms with Crippen LogP contribution in [0.25, 0.3) is 20.7 Å². The molecule has 3 heterocycles. The van der Waals surface area contributed by atoms with Crippen molar-refractivity contribution in [2.75, 3.05) is 5.73 Å². The van der Waals surface area contributed by atoms with Crippen LogP contribution in [0, 0.1) is 11.2 Å². The summed E-state index contributed by atoms with van der Waals surface area (Å²) in [7, 11) is 0. The molecule has 3 aromatic heterocycles. The van der Waals surface area contributed by atoms with E-state index in [9.17, 15) is 4.39 Å². The highest BCUT2D eigenvalue weighted by Crippen LogP contribution is 2.40. The molecule has 4 rings (SSSR count). The average Bonchev–Trinajstić information content (AvgIpc) is 3.29. The van der Waals surface area contributed by atoms with E-state index in [1.807, 2.05) is 16.9 Å². The first-order valence-corrected chi connectivity index (χ1v) is 10.2. The van der Waals surface area contributed by atoms with Crippen LogP contribution < -0.4 is 10.5 Å². The van der Waals surface area contributed by atoms with Crippen LogP contribution in [0.3, 0.4) is 0 Å². The summed E-state index contributed by atoms with van der Waals surface area (Å²) in [4.78, 5) is 5.47. The van der Waals surface area contributed by atoms with Gasteiger partial charge in [-0.15, -0.1) is 11.3 Å². The van der Waals surface area contributed by atoms with Crippen molar-refractivity contribution in [3.8, 4) is 21.9 Å². The van der Waals surface area contributed by atoms with Crippen LogP contribution in [0.2, 0.25) is 0 Å². The van der Waals surface area contributed by atoms with Crippen molar-refractivity contribution in [3.63, 3.8) is 0 Å². The van der Waals surface area contributed by atoms with Gasteiger partial charge in [-0.25, -0.2) is 4.39 Å². The summed E-state index contributed by atoms with van der Waals surface area (Å²) in [6.45, 7) is 8.75. The van der Waals surface area contributed by atoms with E-state index in [2.05, 4.69) is 44.0 Å². The first-order chi connectivity index (χ1) is 13.7. The van der Waals surface area contributed by atoms with E-state index in [1.165, 1.54) is 12.1 Å². The second-order valence-electron chi connectivity index (χ2n) is 8.18. The van der Waals surface area contributed by atoms with Crippen molar-refractivity contribution < 1.29 is 9.13 Å². The molecular weight excluding hydrogens is 387 g/mol. The van der Waals surface area contributed by atoms with Crippen LogP contribution in [0.5, 0.6) is 11.5 Å². The Balaban J connectivity index is 1.69. The predicted octanol–water partition coefficient (Wildman–Crippen LogP) is 6.28. The Morgan fingerprint density at radius 1 is 1.17 bits per heavy atom. The second kappa shape index (κ2) is 7.15. The third-order valence-electron chi connectivity index (χ3n) is 5.09. The number of hydrogen-bond donors (Lipinski definition) is 1. The lowest BCUT2D eigenvalue weighted by Gasteiger charge is -2.27. The van der Waals surface area contributed by atoms with Gasteiger partial charge >= 0.3 is 0 Å². The molecule has 7 heteroatoms. The van der Waals surface area contributed by atoms with Gasteiger partial charge in [0.15, 0.2) is 11.6 Å². The molecule has 4 aromatic rings. The van der Waals surface area contributed by atoms with E-state index in [1.54, 1.807) is 29.7 Å². The number of rotatable bonds is 4. The number of nitrogen functional groups attached to an aromatic ring is 1. The number of anilines is 1. The lowest BCUT2D eigenvalue weighted by atomic mass is 9.88. The zero-order valence-corrected chi connectivity index (χ0v) is 17.6. The lowest BCUT2D eigenvalue weighted by Crippen LogP contribution is -2.21. The summed E-state index contributed by atoms with van der Waals surface area (Å²) in [5.41, 5.74) is 7.90. The molecule has 5 nitrogen and oxygen atoms in total. The highest BCUT2D eigenvalue weighted by Gasteiger charge is 2.23. The molecule has 29 heavy (non-hydrogen) atoms. The largest absolute Gasteiger partial charge is 0.453 e. The maximum Gasteiger partial charge on any atom is 0.167 e. The monoisotopic (exact) mass is 410 g/mol. The van der Waals surface area contributed by atoms with E-state index in [0.717, 1.165) is 20.7 Å². The van der Waals surface area contributed by atoms with Crippen molar-refractivity contribution in [2.45, 2.75) is 33.7 Å². The second-order valence-corrected chi connectivity index (χ2v) is 9.23. The van der Waals surface area contributed by atoms with Gasteiger partial charge in [0.2, 0.25) is 0 Å². The topological polar surface area (TPSA) is 66.0 Å². The molecule has 1 aromatic carbocycles. The van der Waals surface area contributed by atoms with E-state index < -0.39 is 5.82 Å². The molecule has 150 valence electrons. The van der Waals surface area contributed by atoms with Gasteiger partial charge in [-0.2, -0.15) is 5.10 Å². The van der Waals surface area contributed by atoms with Gasteiger partial charge in [0.25, 0.3) is 0 Å². The minimum Gasteiger partial charge on any atom is -0.453 e. The number of hydrogen-bond acceptors (Lipinski definition) is 5. The average molecular weight is 411 g/mol. The first-order valence-electron chi connectivity index (χ1n) is 9.38. The van der Waals surface area contributed by atoms with Crippen molar-refractivity contribution in [1.82, 2.24) is 14.8 Å². The minimum atomic E-state index is -0.496. The van der Waals surface area contributed by atoms with Crippen molar-refractivity contribution in [3.05, 3.63) is 54.7 Å². The highest BCUT2D eigenvalue weighted by atomic mass is 32.1. The molecule has 1 atom stereocenters. The Bertz CT molecular complexity index is 1180. The van der Waals surface area contributed by atoms with E-state index in [4.69, 9.17) is 10.5 Å². The number of fused-ring (bicyclic) bond motifs is 1. The van der Waals surface area contributed by atoms with Gasteiger partial charge < -0.3 is 10.5 Å². The van der Waals surface area contributed by atoms with Crippen LogP contribution >= 0.6 is 11.3 Å². The Kier molecular flexibility index (Phi) is 4.78. The van der Waals surface area contributed by atoms with Crippen molar-refractivity contribution >= 4 is 27.2 Å². The van der Waals surface area contributed by atoms with E-state index in [-0.39, 0.29) is 17.2 Å². The fraction of sp³-hybridized carbons (Fsp3) is 0.273. The predicted molar refractivity (Wildman–Crippen MR) is 116 cm³/mol. The summed E-state index contributed by atoms with van der Waals surface area (Å²) < 4.78 is 22.8.